The molecule has 4 nitrogen and oxygen atoms in total. The fourth-order valence-corrected chi connectivity index (χ4v) is 3.11. The number of hydrogen-bond donors (Lipinski definition) is 1. The van der Waals surface area contributed by atoms with Gasteiger partial charge in [-0.15, -0.1) is 0 Å². The van der Waals surface area contributed by atoms with Crippen LogP contribution in [0, 0.1) is 5.92 Å². The Kier molecular flexibility index (Phi) is 3.42. The van der Waals surface area contributed by atoms with Gasteiger partial charge in [0.1, 0.15) is 6.61 Å². The molecule has 2 heterocycles. The summed E-state index contributed by atoms with van der Waals surface area (Å²) in [6, 6.07) is 9.85. The van der Waals surface area contributed by atoms with Crippen LogP contribution in [0.1, 0.15) is 24.8 Å². The van der Waals surface area contributed by atoms with E-state index >= 15 is 0 Å². The number of rotatable bonds is 2. The molecule has 2 saturated heterocycles. The van der Waals surface area contributed by atoms with E-state index in [9.17, 15) is 9.90 Å². The van der Waals surface area contributed by atoms with Crippen molar-refractivity contribution in [1.82, 2.24) is 4.90 Å². The molecule has 102 valence electrons. The van der Waals surface area contributed by atoms with Gasteiger partial charge in [0.05, 0.1) is 6.10 Å². The molecule has 1 aromatic rings. The highest BCUT2D eigenvalue weighted by Crippen LogP contribution is 2.35. The number of piperidine rings is 2. The number of benzene rings is 1. The zero-order chi connectivity index (χ0) is 13.2. The molecular formula is C15H19NO3. The molecule has 1 saturated carbocycles. The summed E-state index contributed by atoms with van der Waals surface area (Å²) in [6.07, 6.45) is 2.23. The molecule has 0 radical (unpaired) electrons. The van der Waals surface area contributed by atoms with E-state index in [-0.39, 0.29) is 24.2 Å². The Bertz CT molecular complexity index is 448. The van der Waals surface area contributed by atoms with Crippen LogP contribution in [0.2, 0.25) is 0 Å². The lowest BCUT2D eigenvalue weighted by Gasteiger charge is -2.47. The van der Waals surface area contributed by atoms with Crippen LogP contribution < -0.4 is 0 Å². The van der Waals surface area contributed by atoms with Gasteiger partial charge in [0.2, 0.25) is 0 Å². The maximum absolute atomic E-state index is 12.1. The minimum atomic E-state index is -0.245. The number of carbonyl (C=O) groups excluding carboxylic acids is 1. The zero-order valence-corrected chi connectivity index (χ0v) is 10.9. The second-order valence-electron chi connectivity index (χ2n) is 5.49. The summed E-state index contributed by atoms with van der Waals surface area (Å²) in [5.74, 6) is 0.231. The van der Waals surface area contributed by atoms with Crippen LogP contribution in [-0.4, -0.2) is 34.8 Å². The van der Waals surface area contributed by atoms with E-state index in [1.54, 1.807) is 4.90 Å². The third-order valence-electron chi connectivity index (χ3n) is 4.24. The Labute approximate surface area is 113 Å². The van der Waals surface area contributed by atoms with E-state index in [0.29, 0.717) is 19.6 Å². The predicted molar refractivity (Wildman–Crippen MR) is 70.5 cm³/mol. The molecule has 1 aliphatic carbocycles. The van der Waals surface area contributed by atoms with Gasteiger partial charge < -0.3 is 14.7 Å². The van der Waals surface area contributed by atoms with Gasteiger partial charge in [0.15, 0.2) is 0 Å². The van der Waals surface area contributed by atoms with Gasteiger partial charge in [0, 0.05) is 18.5 Å². The Morgan fingerprint density at radius 3 is 2.74 bits per heavy atom. The van der Waals surface area contributed by atoms with Crippen molar-refractivity contribution in [2.24, 2.45) is 5.92 Å². The van der Waals surface area contributed by atoms with E-state index in [1.165, 1.54) is 0 Å². The molecule has 0 aromatic heterocycles. The van der Waals surface area contributed by atoms with Crippen molar-refractivity contribution in [2.45, 2.75) is 38.0 Å². The van der Waals surface area contributed by atoms with Crippen molar-refractivity contribution in [3.8, 4) is 0 Å². The van der Waals surface area contributed by atoms with Crippen LogP contribution in [0.3, 0.4) is 0 Å². The first kappa shape index (κ1) is 12.5. The summed E-state index contributed by atoms with van der Waals surface area (Å²) in [5.41, 5.74) is 0.998. The molecule has 2 aliphatic heterocycles. The van der Waals surface area contributed by atoms with Crippen LogP contribution in [0.5, 0.6) is 0 Å². The van der Waals surface area contributed by atoms with E-state index in [4.69, 9.17) is 4.74 Å². The van der Waals surface area contributed by atoms with Gasteiger partial charge in [-0.05, 0) is 24.8 Å². The van der Waals surface area contributed by atoms with Crippen molar-refractivity contribution < 1.29 is 14.6 Å². The third kappa shape index (κ3) is 2.59. The van der Waals surface area contributed by atoms with Gasteiger partial charge in [-0.3, -0.25) is 0 Å². The van der Waals surface area contributed by atoms with Crippen LogP contribution in [0.15, 0.2) is 30.3 Å². The van der Waals surface area contributed by atoms with E-state index < -0.39 is 0 Å². The van der Waals surface area contributed by atoms with Crippen molar-refractivity contribution in [1.29, 1.82) is 0 Å². The standard InChI is InChI=1S/C15H19NO3/c17-14-8-13-7-6-12(14)9-16(13)15(18)19-10-11-4-2-1-3-5-11/h1-5,12-14,17H,6-10H2. The molecule has 2 bridgehead atoms. The summed E-state index contributed by atoms with van der Waals surface area (Å²) >= 11 is 0. The smallest absolute Gasteiger partial charge is 0.410 e. The van der Waals surface area contributed by atoms with Crippen LogP contribution in [0.25, 0.3) is 0 Å². The number of carbonyl (C=O) groups is 1. The maximum Gasteiger partial charge on any atom is 0.410 e. The highest BCUT2D eigenvalue weighted by molar-refractivity contribution is 5.68. The number of nitrogens with zero attached hydrogens (tertiary/aromatic N) is 1. The Morgan fingerprint density at radius 2 is 2.11 bits per heavy atom. The third-order valence-corrected chi connectivity index (χ3v) is 4.24. The van der Waals surface area contributed by atoms with Crippen LogP contribution >= 0.6 is 0 Å². The first-order valence-corrected chi connectivity index (χ1v) is 6.89. The van der Waals surface area contributed by atoms with Gasteiger partial charge in [-0.25, -0.2) is 4.79 Å². The summed E-state index contributed by atoms with van der Waals surface area (Å²) < 4.78 is 5.36. The molecule has 3 fully saturated rings. The van der Waals surface area contributed by atoms with E-state index in [2.05, 4.69) is 0 Å². The molecular weight excluding hydrogens is 242 g/mol. The molecule has 3 atom stereocenters. The molecule has 4 heteroatoms. The van der Waals surface area contributed by atoms with Gasteiger partial charge in [0.25, 0.3) is 0 Å². The average molecular weight is 261 g/mol. The Hall–Kier alpha value is -1.55. The monoisotopic (exact) mass is 261 g/mol. The number of hydrogen-bond acceptors (Lipinski definition) is 3. The fourth-order valence-electron chi connectivity index (χ4n) is 3.11. The molecule has 19 heavy (non-hydrogen) atoms. The topological polar surface area (TPSA) is 49.8 Å². The molecule has 1 N–H and O–H groups in total. The van der Waals surface area contributed by atoms with Gasteiger partial charge in [-0.2, -0.15) is 0 Å². The second kappa shape index (κ2) is 5.21. The predicted octanol–water partition coefficient (Wildman–Crippen LogP) is 2.17. The minimum absolute atomic E-state index is 0.156. The lowest BCUT2D eigenvalue weighted by molar-refractivity contribution is -0.0457. The van der Waals surface area contributed by atoms with Crippen molar-refractivity contribution in [2.75, 3.05) is 6.54 Å². The molecule has 4 rings (SSSR count). The fraction of sp³-hybridized carbons (Fsp3) is 0.533. The molecule has 1 amide bonds. The minimum Gasteiger partial charge on any atom is -0.445 e. The average Bonchev–Trinajstić information content (AvgIpc) is 2.46. The quantitative estimate of drug-likeness (QED) is 0.887. The number of aliphatic hydroxyl groups excluding tert-OH is 1. The van der Waals surface area contributed by atoms with Gasteiger partial charge >= 0.3 is 6.09 Å². The molecule has 0 spiro atoms. The van der Waals surface area contributed by atoms with Crippen LogP contribution in [0.4, 0.5) is 4.79 Å². The lowest BCUT2D eigenvalue weighted by Crippen LogP contribution is -2.56. The second-order valence-corrected chi connectivity index (χ2v) is 5.49. The van der Waals surface area contributed by atoms with Crippen molar-refractivity contribution in [3.63, 3.8) is 0 Å². The summed E-state index contributed by atoms with van der Waals surface area (Å²) in [5, 5.41) is 9.83. The molecule has 3 unspecified atom stereocenters. The number of aliphatic hydroxyl groups is 1. The first-order valence-electron chi connectivity index (χ1n) is 6.89. The zero-order valence-electron chi connectivity index (χ0n) is 10.9. The number of ether oxygens (including phenoxy) is 1. The summed E-state index contributed by atoms with van der Waals surface area (Å²) in [7, 11) is 0. The SMILES string of the molecule is O=C(OCc1ccccc1)N1CC2CCC1CC2O. The lowest BCUT2D eigenvalue weighted by atomic mass is 9.78. The van der Waals surface area contributed by atoms with Crippen molar-refractivity contribution in [3.05, 3.63) is 35.9 Å². The largest absolute Gasteiger partial charge is 0.445 e. The number of amides is 1. The summed E-state index contributed by atoms with van der Waals surface area (Å²) in [6.45, 7) is 0.954. The Morgan fingerprint density at radius 1 is 1.32 bits per heavy atom. The summed E-state index contributed by atoms with van der Waals surface area (Å²) in [4.78, 5) is 13.9. The van der Waals surface area contributed by atoms with Gasteiger partial charge in [-0.1, -0.05) is 30.3 Å². The highest BCUT2D eigenvalue weighted by Gasteiger charge is 2.42. The first-order chi connectivity index (χ1) is 9.24. The van der Waals surface area contributed by atoms with Crippen molar-refractivity contribution >= 4 is 6.09 Å². The van der Waals surface area contributed by atoms with E-state index in [1.807, 2.05) is 30.3 Å². The maximum atomic E-state index is 12.1. The van der Waals surface area contributed by atoms with E-state index in [0.717, 1.165) is 18.4 Å². The van der Waals surface area contributed by atoms with Crippen LogP contribution in [-0.2, 0) is 11.3 Å². The molecule has 3 aliphatic rings. The highest BCUT2D eigenvalue weighted by atomic mass is 16.6. The molecule has 1 aromatic carbocycles. The Balaban J connectivity index is 1.57. The normalized spacial score (nSPS) is 29.3. The number of fused-ring (bicyclic) bond motifs is 3.